The van der Waals surface area contributed by atoms with E-state index < -0.39 is 6.04 Å². The van der Waals surface area contributed by atoms with Crippen molar-refractivity contribution in [2.45, 2.75) is 64.6 Å². The highest BCUT2D eigenvalue weighted by molar-refractivity contribution is 9.10. The first-order valence-corrected chi connectivity index (χ1v) is 11.1. The predicted octanol–water partition coefficient (Wildman–Crippen LogP) is 4.78. The summed E-state index contributed by atoms with van der Waals surface area (Å²) in [5.74, 6) is -0.0940. The molecule has 2 aromatic rings. The lowest BCUT2D eigenvalue weighted by molar-refractivity contribution is -0.140. The molecule has 0 aromatic heterocycles. The van der Waals surface area contributed by atoms with Gasteiger partial charge in [0.1, 0.15) is 6.04 Å². The van der Waals surface area contributed by atoms with Crippen molar-refractivity contribution in [1.29, 1.82) is 0 Å². The van der Waals surface area contributed by atoms with Gasteiger partial charge in [-0.2, -0.15) is 0 Å². The van der Waals surface area contributed by atoms with Crippen LogP contribution in [0.4, 0.5) is 0 Å². The van der Waals surface area contributed by atoms with Gasteiger partial charge in [-0.05, 0) is 55.5 Å². The lowest BCUT2D eigenvalue weighted by Gasteiger charge is -2.30. The molecule has 0 heterocycles. The van der Waals surface area contributed by atoms with Gasteiger partial charge in [-0.15, -0.1) is 0 Å². The van der Waals surface area contributed by atoms with Crippen LogP contribution >= 0.6 is 15.9 Å². The van der Waals surface area contributed by atoms with Crippen molar-refractivity contribution in [2.24, 2.45) is 0 Å². The molecule has 1 unspecified atom stereocenters. The monoisotopic (exact) mass is 456 g/mol. The molecule has 0 aliphatic heterocycles. The Kier molecular flexibility index (Phi) is 7.48. The third-order valence-corrected chi connectivity index (χ3v) is 6.27. The van der Waals surface area contributed by atoms with Gasteiger partial charge in [0.05, 0.1) is 6.42 Å². The maximum Gasteiger partial charge on any atom is 0.242 e. The lowest BCUT2D eigenvalue weighted by Crippen LogP contribution is -2.50. The molecule has 29 heavy (non-hydrogen) atoms. The number of hydrogen-bond acceptors (Lipinski definition) is 2. The minimum absolute atomic E-state index is 0.0312. The molecule has 5 heteroatoms. The van der Waals surface area contributed by atoms with E-state index in [0.717, 1.165) is 46.8 Å². The van der Waals surface area contributed by atoms with Gasteiger partial charge in [-0.25, -0.2) is 0 Å². The highest BCUT2D eigenvalue weighted by Crippen LogP contribution is 2.20. The number of nitrogens with zero attached hydrogens (tertiary/aromatic N) is 1. The molecule has 1 aliphatic rings. The third kappa shape index (κ3) is 5.92. The lowest BCUT2D eigenvalue weighted by atomic mass is 10.0. The molecule has 0 bridgehead atoms. The molecular weight excluding hydrogens is 428 g/mol. The summed E-state index contributed by atoms with van der Waals surface area (Å²) in [6.07, 6.45) is 4.68. The van der Waals surface area contributed by atoms with E-state index in [1.807, 2.05) is 62.4 Å². The number of carbonyl (C=O) groups excluding carboxylic acids is 2. The van der Waals surface area contributed by atoms with Gasteiger partial charge in [0.25, 0.3) is 0 Å². The van der Waals surface area contributed by atoms with Crippen molar-refractivity contribution >= 4 is 27.7 Å². The molecule has 1 aliphatic carbocycles. The Morgan fingerprint density at radius 3 is 2.41 bits per heavy atom. The highest BCUT2D eigenvalue weighted by atomic mass is 79.9. The number of amides is 2. The van der Waals surface area contributed by atoms with Crippen LogP contribution in [0.2, 0.25) is 0 Å². The van der Waals surface area contributed by atoms with Gasteiger partial charge in [0.15, 0.2) is 0 Å². The molecular formula is C24H29BrN2O2. The van der Waals surface area contributed by atoms with E-state index in [4.69, 9.17) is 0 Å². The molecule has 1 saturated carbocycles. The molecule has 154 valence electrons. The molecule has 2 amide bonds. The smallest absolute Gasteiger partial charge is 0.242 e. The predicted molar refractivity (Wildman–Crippen MR) is 119 cm³/mol. The van der Waals surface area contributed by atoms with Gasteiger partial charge < -0.3 is 10.2 Å². The van der Waals surface area contributed by atoms with E-state index in [0.29, 0.717) is 13.0 Å². The molecule has 0 radical (unpaired) electrons. The number of halogens is 1. The quantitative estimate of drug-likeness (QED) is 0.651. The van der Waals surface area contributed by atoms with E-state index >= 15 is 0 Å². The van der Waals surface area contributed by atoms with Crippen molar-refractivity contribution in [1.82, 2.24) is 10.2 Å². The largest absolute Gasteiger partial charge is 0.352 e. The maximum atomic E-state index is 13.3. The number of nitrogens with one attached hydrogen (secondary N) is 1. The fraction of sp³-hybridized carbons (Fsp3) is 0.417. The number of rotatable bonds is 7. The second-order valence-corrected chi connectivity index (χ2v) is 8.83. The van der Waals surface area contributed by atoms with Crippen LogP contribution in [0.5, 0.6) is 0 Å². The summed E-state index contributed by atoms with van der Waals surface area (Å²) in [6, 6.07) is 15.5. The SMILES string of the molecule is Cc1ccccc1CC(=O)N(Cc1ccc(Br)cc1)C(C)C(=O)NC1CCCC1. The summed E-state index contributed by atoms with van der Waals surface area (Å²) < 4.78 is 0.992. The average Bonchev–Trinajstić information content (AvgIpc) is 3.21. The molecule has 1 fully saturated rings. The number of hydrogen-bond donors (Lipinski definition) is 1. The molecule has 4 nitrogen and oxygen atoms in total. The molecule has 3 rings (SSSR count). The van der Waals surface area contributed by atoms with Crippen LogP contribution in [-0.2, 0) is 22.6 Å². The second kappa shape index (κ2) is 10.1. The molecule has 2 aromatic carbocycles. The van der Waals surface area contributed by atoms with Crippen LogP contribution in [0.15, 0.2) is 53.0 Å². The summed E-state index contributed by atoms with van der Waals surface area (Å²) >= 11 is 3.45. The normalized spacial score (nSPS) is 15.1. The van der Waals surface area contributed by atoms with Crippen molar-refractivity contribution in [3.63, 3.8) is 0 Å². The Hall–Kier alpha value is -2.14. The summed E-state index contributed by atoms with van der Waals surface area (Å²) in [5, 5.41) is 3.14. The first-order chi connectivity index (χ1) is 13.9. The minimum atomic E-state index is -0.518. The van der Waals surface area contributed by atoms with E-state index in [-0.39, 0.29) is 17.9 Å². The van der Waals surface area contributed by atoms with Crippen LogP contribution in [0.3, 0.4) is 0 Å². The fourth-order valence-corrected chi connectivity index (χ4v) is 4.10. The molecule has 1 atom stereocenters. The Labute approximate surface area is 181 Å². The number of carbonyl (C=O) groups is 2. The van der Waals surface area contributed by atoms with Crippen LogP contribution in [0, 0.1) is 6.92 Å². The Morgan fingerprint density at radius 1 is 1.10 bits per heavy atom. The fourth-order valence-electron chi connectivity index (χ4n) is 3.83. The standard InChI is InChI=1S/C24H29BrN2O2/c1-17-7-3-4-8-20(17)15-23(28)27(16-19-11-13-21(25)14-12-19)18(2)24(29)26-22-9-5-6-10-22/h3-4,7-8,11-14,18,22H,5-6,9-10,15-16H2,1-2H3,(H,26,29). The Morgan fingerprint density at radius 2 is 1.76 bits per heavy atom. The van der Waals surface area contributed by atoms with Gasteiger partial charge in [0.2, 0.25) is 11.8 Å². The molecule has 0 saturated heterocycles. The van der Waals surface area contributed by atoms with Crippen LogP contribution < -0.4 is 5.32 Å². The van der Waals surface area contributed by atoms with E-state index in [2.05, 4.69) is 21.2 Å². The topological polar surface area (TPSA) is 49.4 Å². The Bertz CT molecular complexity index is 844. The number of benzene rings is 2. The minimum Gasteiger partial charge on any atom is -0.352 e. The van der Waals surface area contributed by atoms with Crippen molar-refractivity contribution in [3.8, 4) is 0 Å². The first-order valence-electron chi connectivity index (χ1n) is 10.3. The van der Waals surface area contributed by atoms with Gasteiger partial charge in [-0.1, -0.05) is 65.2 Å². The zero-order valence-corrected chi connectivity index (χ0v) is 18.7. The van der Waals surface area contributed by atoms with E-state index in [1.54, 1.807) is 4.90 Å². The van der Waals surface area contributed by atoms with Crippen molar-refractivity contribution in [2.75, 3.05) is 0 Å². The first kappa shape index (κ1) is 21.6. The summed E-state index contributed by atoms with van der Waals surface area (Å²) in [7, 11) is 0. The number of aryl methyl sites for hydroxylation is 1. The van der Waals surface area contributed by atoms with E-state index in [1.165, 1.54) is 0 Å². The third-order valence-electron chi connectivity index (χ3n) is 5.74. The van der Waals surface area contributed by atoms with Crippen LogP contribution in [0.25, 0.3) is 0 Å². The van der Waals surface area contributed by atoms with Crippen molar-refractivity contribution < 1.29 is 9.59 Å². The van der Waals surface area contributed by atoms with Crippen molar-refractivity contribution in [3.05, 3.63) is 69.7 Å². The van der Waals surface area contributed by atoms with Gasteiger partial charge in [0, 0.05) is 17.1 Å². The average molecular weight is 457 g/mol. The van der Waals surface area contributed by atoms with Gasteiger partial charge >= 0.3 is 0 Å². The second-order valence-electron chi connectivity index (χ2n) is 7.92. The summed E-state index contributed by atoms with van der Waals surface area (Å²) in [5.41, 5.74) is 3.10. The molecule has 1 N–H and O–H groups in total. The van der Waals surface area contributed by atoms with Gasteiger partial charge in [-0.3, -0.25) is 9.59 Å². The highest BCUT2D eigenvalue weighted by Gasteiger charge is 2.28. The zero-order valence-electron chi connectivity index (χ0n) is 17.2. The summed E-state index contributed by atoms with van der Waals surface area (Å²) in [6.45, 7) is 4.26. The van der Waals surface area contributed by atoms with Crippen LogP contribution in [-0.4, -0.2) is 28.8 Å². The molecule has 0 spiro atoms. The maximum absolute atomic E-state index is 13.3. The van der Waals surface area contributed by atoms with E-state index in [9.17, 15) is 9.59 Å². The summed E-state index contributed by atoms with van der Waals surface area (Å²) in [4.78, 5) is 27.9. The zero-order chi connectivity index (χ0) is 20.8. The van der Waals surface area contributed by atoms with Crippen LogP contribution in [0.1, 0.15) is 49.3 Å². The Balaban J connectivity index is 1.77.